The lowest BCUT2D eigenvalue weighted by Gasteiger charge is -2.60. The van der Waals surface area contributed by atoms with Crippen molar-refractivity contribution in [2.75, 3.05) is 6.61 Å². The first-order chi connectivity index (χ1) is 15.7. The van der Waals surface area contributed by atoms with E-state index in [1.165, 1.54) is 6.08 Å². The third kappa shape index (κ3) is 3.84. The predicted molar refractivity (Wildman–Crippen MR) is 108 cm³/mol. The van der Waals surface area contributed by atoms with Gasteiger partial charge in [-0.3, -0.25) is 14.5 Å². The van der Waals surface area contributed by atoms with Crippen molar-refractivity contribution in [2.45, 2.75) is 64.3 Å². The van der Waals surface area contributed by atoms with Crippen LogP contribution in [0.25, 0.3) is 0 Å². The van der Waals surface area contributed by atoms with E-state index in [4.69, 9.17) is 4.74 Å². The standard InChI is InChI=1S/C23H27F6NO4/c1-13-4-6-17-14(2)21(22(24,25)26,23(27,28)29)9-8-20(17,3)16(13)7-5-15-18(10-34-19(15)33)30(11-31)12-32/h5,11-12,14,16-18H,1,4,6-10H2,2-3H3/b15-5+/t14-,16-,17-,18?,20+/m1/s1. The zero-order valence-electron chi connectivity index (χ0n) is 18.8. The van der Waals surface area contributed by atoms with Crippen LogP contribution < -0.4 is 0 Å². The maximum atomic E-state index is 13.9. The molecule has 0 spiro atoms. The normalized spacial score (nSPS) is 35.0. The first-order valence-electron chi connectivity index (χ1n) is 11.0. The molecule has 2 amide bonds. The SMILES string of the molecule is C=C1CC[C@@H]2[C@@H](C)C(C(F)(F)F)(C(F)(F)F)CC[C@@]2(C)[C@@H]1C/C=C1/C(=O)OCC1N(C=O)C=O. The second-order valence-corrected chi connectivity index (χ2v) is 9.78. The van der Waals surface area contributed by atoms with E-state index in [1.807, 2.05) is 0 Å². The topological polar surface area (TPSA) is 63.7 Å². The summed E-state index contributed by atoms with van der Waals surface area (Å²) in [6.07, 6.45) is -9.74. The number of imide groups is 1. The quantitative estimate of drug-likeness (QED) is 0.178. The van der Waals surface area contributed by atoms with E-state index >= 15 is 0 Å². The molecular formula is C23H27F6NO4. The molecule has 0 bridgehead atoms. The van der Waals surface area contributed by atoms with Crippen LogP contribution in [-0.2, 0) is 19.1 Å². The number of cyclic esters (lactones) is 1. The first-order valence-corrected chi connectivity index (χ1v) is 11.0. The van der Waals surface area contributed by atoms with Crippen molar-refractivity contribution in [2.24, 2.45) is 28.6 Å². The van der Waals surface area contributed by atoms with Crippen molar-refractivity contribution in [1.82, 2.24) is 4.90 Å². The van der Waals surface area contributed by atoms with Crippen LogP contribution in [0.4, 0.5) is 26.3 Å². The van der Waals surface area contributed by atoms with Gasteiger partial charge in [-0.1, -0.05) is 32.1 Å². The van der Waals surface area contributed by atoms with Crippen molar-refractivity contribution in [3.05, 3.63) is 23.8 Å². The van der Waals surface area contributed by atoms with E-state index in [-0.39, 0.29) is 50.7 Å². The molecule has 5 nitrogen and oxygen atoms in total. The highest BCUT2D eigenvalue weighted by atomic mass is 19.4. The fourth-order valence-electron chi connectivity index (χ4n) is 6.53. The lowest BCUT2D eigenvalue weighted by Crippen LogP contribution is -2.62. The van der Waals surface area contributed by atoms with Crippen LogP contribution >= 0.6 is 0 Å². The average Bonchev–Trinajstić information content (AvgIpc) is 3.07. The molecule has 5 atom stereocenters. The van der Waals surface area contributed by atoms with E-state index in [9.17, 15) is 40.7 Å². The Morgan fingerprint density at radius 2 is 1.71 bits per heavy atom. The van der Waals surface area contributed by atoms with Gasteiger partial charge in [-0.25, -0.2) is 4.79 Å². The van der Waals surface area contributed by atoms with Crippen LogP contribution in [0.15, 0.2) is 23.8 Å². The number of halogens is 6. The van der Waals surface area contributed by atoms with Gasteiger partial charge in [-0.05, 0) is 55.3 Å². The smallest absolute Gasteiger partial charge is 0.403 e. The molecule has 1 aliphatic heterocycles. The molecule has 3 aliphatic rings. The molecule has 11 heteroatoms. The predicted octanol–water partition coefficient (Wildman–Crippen LogP) is 4.97. The highest BCUT2D eigenvalue weighted by molar-refractivity contribution is 5.93. The Kier molecular flexibility index (Phi) is 6.73. The van der Waals surface area contributed by atoms with E-state index in [0.717, 1.165) is 11.8 Å². The minimum Gasteiger partial charge on any atom is -0.460 e. The fourth-order valence-corrected chi connectivity index (χ4v) is 6.53. The molecule has 1 heterocycles. The van der Waals surface area contributed by atoms with E-state index < -0.39 is 59.4 Å². The van der Waals surface area contributed by atoms with Crippen LogP contribution in [0.5, 0.6) is 0 Å². The fraction of sp³-hybridized carbons (Fsp3) is 0.696. The molecule has 0 aromatic heterocycles. The number of carbonyl (C=O) groups is 3. The van der Waals surface area contributed by atoms with Gasteiger partial charge in [-0.2, -0.15) is 26.3 Å². The largest absolute Gasteiger partial charge is 0.460 e. The van der Waals surface area contributed by atoms with Crippen LogP contribution in [0.1, 0.15) is 46.0 Å². The van der Waals surface area contributed by atoms with Crippen LogP contribution in [0.2, 0.25) is 0 Å². The lowest BCUT2D eigenvalue weighted by molar-refractivity contribution is -0.378. The molecule has 0 radical (unpaired) electrons. The molecule has 0 N–H and O–H groups in total. The molecule has 190 valence electrons. The number of carbonyl (C=O) groups excluding carboxylic acids is 3. The average molecular weight is 495 g/mol. The van der Waals surface area contributed by atoms with Gasteiger partial charge in [0.15, 0.2) is 5.41 Å². The number of hydrogen-bond donors (Lipinski definition) is 0. The van der Waals surface area contributed by atoms with E-state index in [1.54, 1.807) is 6.92 Å². The Morgan fingerprint density at radius 1 is 1.12 bits per heavy atom. The summed E-state index contributed by atoms with van der Waals surface area (Å²) < 4.78 is 88.5. The molecule has 0 aromatic rings. The minimum absolute atomic E-state index is 0.0570. The van der Waals surface area contributed by atoms with Crippen molar-refractivity contribution < 1.29 is 45.5 Å². The summed E-state index contributed by atoms with van der Waals surface area (Å²) in [6, 6.07) is -0.934. The highest BCUT2D eigenvalue weighted by Crippen LogP contribution is 2.69. The Labute approximate surface area is 193 Å². The van der Waals surface area contributed by atoms with Crippen LogP contribution in [-0.4, -0.2) is 48.7 Å². The number of hydrogen-bond acceptors (Lipinski definition) is 4. The zero-order chi connectivity index (χ0) is 25.7. The second kappa shape index (κ2) is 8.71. The molecule has 1 saturated heterocycles. The monoisotopic (exact) mass is 495 g/mol. The molecule has 3 rings (SSSR count). The van der Waals surface area contributed by atoms with Gasteiger partial charge in [0, 0.05) is 0 Å². The number of amides is 2. The summed E-state index contributed by atoms with van der Waals surface area (Å²) in [5.41, 5.74) is -3.93. The maximum Gasteiger partial charge on any atom is 0.403 e. The minimum atomic E-state index is -5.44. The van der Waals surface area contributed by atoms with Gasteiger partial charge in [0.2, 0.25) is 12.8 Å². The summed E-state index contributed by atoms with van der Waals surface area (Å²) in [4.78, 5) is 35.2. The molecule has 0 aromatic carbocycles. The third-order valence-electron chi connectivity index (χ3n) is 8.51. The number of esters is 1. The molecular weight excluding hydrogens is 468 g/mol. The highest BCUT2D eigenvalue weighted by Gasteiger charge is 2.76. The molecule has 1 unspecified atom stereocenters. The number of ether oxygens (including phenoxy) is 1. The number of alkyl halides is 6. The van der Waals surface area contributed by atoms with Gasteiger partial charge in [-0.15, -0.1) is 0 Å². The molecule has 3 fully saturated rings. The summed E-state index contributed by atoms with van der Waals surface area (Å²) in [6.45, 7) is 6.56. The van der Waals surface area contributed by atoms with Gasteiger partial charge >= 0.3 is 18.3 Å². The molecule has 2 saturated carbocycles. The Morgan fingerprint density at radius 3 is 2.24 bits per heavy atom. The summed E-state index contributed by atoms with van der Waals surface area (Å²) in [5, 5.41) is 0. The van der Waals surface area contributed by atoms with E-state index in [0.29, 0.717) is 5.57 Å². The lowest BCUT2D eigenvalue weighted by atomic mass is 9.45. The number of fused-ring (bicyclic) bond motifs is 1. The Balaban J connectivity index is 1.96. The van der Waals surface area contributed by atoms with Crippen LogP contribution in [0.3, 0.4) is 0 Å². The van der Waals surface area contributed by atoms with Gasteiger partial charge in [0.1, 0.15) is 12.6 Å². The van der Waals surface area contributed by atoms with Gasteiger partial charge in [0.05, 0.1) is 5.57 Å². The summed E-state index contributed by atoms with van der Waals surface area (Å²) in [7, 11) is 0. The van der Waals surface area contributed by atoms with Crippen molar-refractivity contribution in [3.8, 4) is 0 Å². The summed E-state index contributed by atoms with van der Waals surface area (Å²) >= 11 is 0. The summed E-state index contributed by atoms with van der Waals surface area (Å²) in [5.74, 6) is -3.77. The van der Waals surface area contributed by atoms with Crippen molar-refractivity contribution in [3.63, 3.8) is 0 Å². The molecule has 2 aliphatic carbocycles. The zero-order valence-corrected chi connectivity index (χ0v) is 18.8. The number of nitrogens with zero attached hydrogens (tertiary/aromatic N) is 1. The first kappa shape index (κ1) is 26.3. The van der Waals surface area contributed by atoms with Gasteiger partial charge < -0.3 is 4.74 Å². The number of allylic oxidation sites excluding steroid dienone is 2. The Bertz CT molecular complexity index is 873. The van der Waals surface area contributed by atoms with Crippen LogP contribution in [0, 0.1) is 28.6 Å². The third-order valence-corrected chi connectivity index (χ3v) is 8.51. The van der Waals surface area contributed by atoms with Crippen molar-refractivity contribution in [1.29, 1.82) is 0 Å². The molecule has 34 heavy (non-hydrogen) atoms. The Hall–Kier alpha value is -2.33. The van der Waals surface area contributed by atoms with Gasteiger partial charge in [0.25, 0.3) is 0 Å². The number of rotatable bonds is 5. The second-order valence-electron chi connectivity index (χ2n) is 9.78. The van der Waals surface area contributed by atoms with E-state index in [2.05, 4.69) is 6.58 Å². The maximum absolute atomic E-state index is 13.9. The van der Waals surface area contributed by atoms with Crippen molar-refractivity contribution >= 4 is 18.8 Å².